The van der Waals surface area contributed by atoms with E-state index in [1.165, 1.54) is 0 Å². The summed E-state index contributed by atoms with van der Waals surface area (Å²) in [6.45, 7) is 0. The van der Waals surface area contributed by atoms with Crippen LogP contribution < -0.4 is 0 Å². The summed E-state index contributed by atoms with van der Waals surface area (Å²) in [6.07, 6.45) is 2.01. The smallest absolute Gasteiger partial charge is 0.160 e. The van der Waals surface area contributed by atoms with E-state index >= 15 is 0 Å². The highest BCUT2D eigenvalue weighted by Crippen LogP contribution is 2.41. The summed E-state index contributed by atoms with van der Waals surface area (Å²) in [7, 11) is 0. The molecule has 0 saturated heterocycles. The lowest BCUT2D eigenvalue weighted by Gasteiger charge is -2.04. The predicted octanol–water partition coefficient (Wildman–Crippen LogP) is 3.84. The fourth-order valence-electron chi connectivity index (χ4n) is 1.46. The Labute approximate surface area is 83.8 Å². The van der Waals surface area contributed by atoms with Gasteiger partial charge in [0.2, 0.25) is 0 Å². The van der Waals surface area contributed by atoms with E-state index in [0.717, 1.165) is 11.1 Å². The molecule has 0 aliphatic heterocycles. The molecule has 0 aromatic heterocycles. The normalized spacial score (nSPS) is 15.2. The highest BCUT2D eigenvalue weighted by Gasteiger charge is 2.31. The molecule has 0 bridgehead atoms. The minimum Gasteiger partial charge on any atom is -0.160 e. The molecule has 1 aromatic rings. The van der Waals surface area contributed by atoms with E-state index in [4.69, 9.17) is 0 Å². The largest absolute Gasteiger partial charge is 0.446 e. The number of alkyl halides is 3. The zero-order valence-corrected chi connectivity index (χ0v) is 7.95. The van der Waals surface area contributed by atoms with Gasteiger partial charge in [-0.3, -0.25) is 0 Å². The van der Waals surface area contributed by atoms with Crippen LogP contribution in [0.1, 0.15) is 11.1 Å². The van der Waals surface area contributed by atoms with Gasteiger partial charge in [0.25, 0.3) is 0 Å². The molecule has 0 N–H and O–H groups in total. The van der Waals surface area contributed by atoms with Crippen LogP contribution in [0.25, 0.3) is 6.08 Å². The van der Waals surface area contributed by atoms with Crippen LogP contribution in [-0.2, 0) is 6.42 Å². The quantitative estimate of drug-likeness (QED) is 0.687. The van der Waals surface area contributed by atoms with Gasteiger partial charge in [-0.05, 0) is 33.9 Å². The SMILES string of the molecule is FC(F)(F)SC1=Cc2ccccc2C1. The fourth-order valence-corrected chi connectivity index (χ4v) is 2.17. The van der Waals surface area contributed by atoms with Crippen molar-refractivity contribution in [2.75, 3.05) is 0 Å². The molecule has 0 atom stereocenters. The van der Waals surface area contributed by atoms with Crippen molar-refractivity contribution in [2.24, 2.45) is 0 Å². The molecule has 1 aliphatic carbocycles. The average molecular weight is 216 g/mol. The number of thioether (sulfide) groups is 1. The lowest BCUT2D eigenvalue weighted by atomic mass is 10.1. The topological polar surface area (TPSA) is 0 Å². The van der Waals surface area contributed by atoms with Crippen molar-refractivity contribution in [1.29, 1.82) is 0 Å². The zero-order chi connectivity index (χ0) is 10.2. The summed E-state index contributed by atoms with van der Waals surface area (Å²) in [6, 6.07) is 7.36. The van der Waals surface area contributed by atoms with Crippen LogP contribution in [0.5, 0.6) is 0 Å². The summed E-state index contributed by atoms with van der Waals surface area (Å²) in [4.78, 5) is 0.374. The van der Waals surface area contributed by atoms with Crippen LogP contribution in [0.2, 0.25) is 0 Å². The first-order valence-electron chi connectivity index (χ1n) is 4.09. The molecule has 0 spiro atoms. The van der Waals surface area contributed by atoms with Gasteiger partial charge >= 0.3 is 5.51 Å². The number of hydrogen-bond donors (Lipinski definition) is 0. The van der Waals surface area contributed by atoms with E-state index in [0.29, 0.717) is 11.3 Å². The van der Waals surface area contributed by atoms with E-state index in [1.807, 2.05) is 24.3 Å². The summed E-state index contributed by atoms with van der Waals surface area (Å²) in [5, 5.41) is 0. The first kappa shape index (κ1) is 9.65. The molecule has 14 heavy (non-hydrogen) atoms. The van der Waals surface area contributed by atoms with Crippen molar-refractivity contribution in [2.45, 2.75) is 11.9 Å². The molecule has 4 heteroatoms. The maximum atomic E-state index is 12.1. The molecule has 2 rings (SSSR count). The van der Waals surface area contributed by atoms with Crippen LogP contribution in [0.3, 0.4) is 0 Å². The molecule has 74 valence electrons. The Kier molecular flexibility index (Phi) is 2.31. The van der Waals surface area contributed by atoms with Crippen molar-refractivity contribution in [3.05, 3.63) is 40.3 Å². The van der Waals surface area contributed by atoms with E-state index in [2.05, 4.69) is 0 Å². The van der Waals surface area contributed by atoms with Crippen LogP contribution in [0, 0.1) is 0 Å². The van der Waals surface area contributed by atoms with Crippen LogP contribution in [-0.4, -0.2) is 5.51 Å². The monoisotopic (exact) mass is 216 g/mol. The molecule has 0 fully saturated rings. The van der Waals surface area contributed by atoms with E-state index in [-0.39, 0.29) is 11.8 Å². The molecule has 0 heterocycles. The standard InChI is InChI=1S/C10H7F3S/c11-10(12,13)14-9-5-7-3-1-2-4-8(7)6-9/h1-5H,6H2. The van der Waals surface area contributed by atoms with Crippen molar-refractivity contribution in [1.82, 2.24) is 0 Å². The van der Waals surface area contributed by atoms with Gasteiger partial charge in [0.05, 0.1) is 0 Å². The van der Waals surface area contributed by atoms with Gasteiger partial charge in [-0.25, -0.2) is 0 Å². The second-order valence-corrected chi connectivity index (χ2v) is 4.23. The lowest BCUT2D eigenvalue weighted by Crippen LogP contribution is -2.00. The maximum absolute atomic E-state index is 12.1. The highest BCUT2D eigenvalue weighted by atomic mass is 32.2. The van der Waals surface area contributed by atoms with Gasteiger partial charge in [0.15, 0.2) is 0 Å². The molecule has 0 saturated carbocycles. The van der Waals surface area contributed by atoms with Crippen molar-refractivity contribution < 1.29 is 13.2 Å². The number of allylic oxidation sites excluding steroid dienone is 1. The average Bonchev–Trinajstić information content (AvgIpc) is 2.42. The number of rotatable bonds is 1. The third-order valence-electron chi connectivity index (χ3n) is 1.98. The lowest BCUT2D eigenvalue weighted by molar-refractivity contribution is -0.0322. The molecule has 0 nitrogen and oxygen atoms in total. The summed E-state index contributed by atoms with van der Waals surface area (Å²) in [5.74, 6) is 0. The second kappa shape index (κ2) is 3.35. The van der Waals surface area contributed by atoms with Gasteiger partial charge < -0.3 is 0 Å². The third kappa shape index (κ3) is 2.12. The summed E-state index contributed by atoms with van der Waals surface area (Å²) in [5.41, 5.74) is -2.30. The van der Waals surface area contributed by atoms with E-state index in [9.17, 15) is 13.2 Å². The first-order valence-corrected chi connectivity index (χ1v) is 4.90. The van der Waals surface area contributed by atoms with Crippen LogP contribution in [0.15, 0.2) is 29.2 Å². The molecular formula is C10H7F3S. The Morgan fingerprint density at radius 3 is 2.50 bits per heavy atom. The summed E-state index contributed by atoms with van der Waals surface area (Å²) < 4.78 is 36.2. The van der Waals surface area contributed by atoms with Gasteiger partial charge in [0.1, 0.15) is 0 Å². The van der Waals surface area contributed by atoms with Gasteiger partial charge in [-0.2, -0.15) is 13.2 Å². The first-order chi connectivity index (χ1) is 6.54. The third-order valence-corrected chi connectivity index (χ3v) is 2.74. The summed E-state index contributed by atoms with van der Waals surface area (Å²) >= 11 is -0.0180. The molecule has 0 radical (unpaired) electrons. The van der Waals surface area contributed by atoms with Crippen LogP contribution in [0.4, 0.5) is 13.2 Å². The van der Waals surface area contributed by atoms with E-state index in [1.54, 1.807) is 6.08 Å². The number of halogens is 3. The Balaban J connectivity index is 2.16. The highest BCUT2D eigenvalue weighted by molar-refractivity contribution is 8.04. The Bertz CT molecular complexity index is 379. The van der Waals surface area contributed by atoms with Crippen LogP contribution >= 0.6 is 11.8 Å². The van der Waals surface area contributed by atoms with Crippen molar-refractivity contribution in [3.8, 4) is 0 Å². The molecule has 1 aliphatic rings. The van der Waals surface area contributed by atoms with Crippen molar-refractivity contribution >= 4 is 17.8 Å². The van der Waals surface area contributed by atoms with Crippen molar-refractivity contribution in [3.63, 3.8) is 0 Å². The maximum Gasteiger partial charge on any atom is 0.446 e. The fraction of sp³-hybridized carbons (Fsp3) is 0.200. The molecule has 0 unspecified atom stereocenters. The van der Waals surface area contributed by atoms with Gasteiger partial charge in [0, 0.05) is 6.42 Å². The Morgan fingerprint density at radius 1 is 1.14 bits per heavy atom. The van der Waals surface area contributed by atoms with E-state index < -0.39 is 5.51 Å². The minimum atomic E-state index is -4.17. The zero-order valence-electron chi connectivity index (χ0n) is 7.14. The molecule has 1 aromatic carbocycles. The minimum absolute atomic E-state index is 0.0180. The number of fused-ring (bicyclic) bond motifs is 1. The molecular weight excluding hydrogens is 209 g/mol. The Morgan fingerprint density at radius 2 is 1.86 bits per heavy atom. The number of benzene rings is 1. The predicted molar refractivity (Wildman–Crippen MR) is 51.8 cm³/mol. The Hall–Kier alpha value is -0.900. The molecule has 0 amide bonds. The number of hydrogen-bond acceptors (Lipinski definition) is 1. The van der Waals surface area contributed by atoms with Gasteiger partial charge in [-0.15, -0.1) is 0 Å². The second-order valence-electron chi connectivity index (χ2n) is 3.03. The van der Waals surface area contributed by atoms with Gasteiger partial charge in [-0.1, -0.05) is 24.3 Å².